The van der Waals surface area contributed by atoms with E-state index < -0.39 is 8.80 Å². The average molecular weight is 730 g/mol. The molecule has 8 heteroatoms. The third-order valence-electron chi connectivity index (χ3n) is 9.54. The van der Waals surface area contributed by atoms with Gasteiger partial charge >= 0.3 is 8.80 Å². The van der Waals surface area contributed by atoms with Crippen LogP contribution in [0.5, 0.6) is 0 Å². The number of hydrogen-bond acceptors (Lipinski definition) is 7. The van der Waals surface area contributed by atoms with Gasteiger partial charge in [-0.15, -0.1) is 0 Å². The largest absolute Gasteiger partial charge is 0.502 e. The second-order valence-corrected chi connectivity index (χ2v) is 17.9. The summed E-state index contributed by atoms with van der Waals surface area (Å²) < 4.78 is 19.5. The summed E-state index contributed by atoms with van der Waals surface area (Å²) in [6.45, 7) is 16.2. The first kappa shape index (κ1) is 48.7. The minimum absolute atomic E-state index is 0.0821. The first-order valence-corrected chi connectivity index (χ1v) is 24.2. The maximum absolute atomic E-state index is 12.6. The van der Waals surface area contributed by atoms with Gasteiger partial charge in [-0.25, -0.2) is 0 Å². The third kappa shape index (κ3) is 29.0. The SMILES string of the molecule is CCCCCCCCCCC(=O)C(=O)SCCC[Si](OCC)(OCC)OC(C)N(CCCCCCCCCC)CCCCCCCCCC. The Morgan fingerprint density at radius 1 is 0.551 bits per heavy atom. The predicted molar refractivity (Wildman–Crippen MR) is 215 cm³/mol. The lowest BCUT2D eigenvalue weighted by Crippen LogP contribution is -2.52. The van der Waals surface area contributed by atoms with Crippen LogP contribution in [0, 0.1) is 0 Å². The monoisotopic (exact) mass is 730 g/mol. The molecule has 0 fully saturated rings. The van der Waals surface area contributed by atoms with Crippen molar-refractivity contribution in [2.75, 3.05) is 32.1 Å². The number of nitrogens with zero attached hydrogens (tertiary/aromatic N) is 1. The average Bonchev–Trinajstić information content (AvgIpc) is 3.09. The quantitative estimate of drug-likeness (QED) is 0.0270. The Kier molecular flexibility index (Phi) is 35.9. The summed E-state index contributed by atoms with van der Waals surface area (Å²) in [5.74, 6) is 0.367. The lowest BCUT2D eigenvalue weighted by molar-refractivity contribution is -0.131. The zero-order valence-corrected chi connectivity index (χ0v) is 35.4. The van der Waals surface area contributed by atoms with Crippen molar-refractivity contribution in [3.63, 3.8) is 0 Å². The summed E-state index contributed by atoms with van der Waals surface area (Å²) in [6.07, 6.45) is 31.5. The van der Waals surface area contributed by atoms with Crippen LogP contribution < -0.4 is 0 Å². The van der Waals surface area contributed by atoms with Crippen LogP contribution in [0.25, 0.3) is 0 Å². The van der Waals surface area contributed by atoms with E-state index in [4.69, 9.17) is 13.3 Å². The Balaban J connectivity index is 4.95. The molecule has 0 amide bonds. The zero-order valence-electron chi connectivity index (χ0n) is 33.6. The summed E-state index contributed by atoms with van der Waals surface area (Å²) in [6, 6.07) is 0.662. The van der Waals surface area contributed by atoms with Gasteiger partial charge < -0.3 is 13.3 Å². The van der Waals surface area contributed by atoms with E-state index >= 15 is 0 Å². The van der Waals surface area contributed by atoms with Crippen molar-refractivity contribution in [3.05, 3.63) is 0 Å². The predicted octanol–water partition coefficient (Wildman–Crippen LogP) is 12.7. The van der Waals surface area contributed by atoms with Gasteiger partial charge in [-0.3, -0.25) is 14.5 Å². The van der Waals surface area contributed by atoms with Gasteiger partial charge in [-0.1, -0.05) is 167 Å². The molecule has 0 saturated heterocycles. The Morgan fingerprint density at radius 2 is 0.939 bits per heavy atom. The van der Waals surface area contributed by atoms with E-state index in [9.17, 15) is 9.59 Å². The normalized spacial score (nSPS) is 12.6. The van der Waals surface area contributed by atoms with Crippen LogP contribution in [-0.4, -0.2) is 62.9 Å². The van der Waals surface area contributed by atoms with E-state index in [1.165, 1.54) is 135 Å². The summed E-state index contributed by atoms with van der Waals surface area (Å²) >= 11 is 1.16. The highest BCUT2D eigenvalue weighted by Gasteiger charge is 2.42. The minimum Gasteiger partial charge on any atom is -0.374 e. The van der Waals surface area contributed by atoms with Crippen LogP contribution in [0.2, 0.25) is 6.04 Å². The molecule has 0 rings (SSSR count). The molecule has 49 heavy (non-hydrogen) atoms. The standard InChI is InChI=1S/C41H83NO5SSi/c1-7-12-15-18-21-24-27-30-34-40(43)41(44)48-37-33-38-49(45-10-4,46-11-5)47-39(6)42(35-31-28-25-22-19-16-13-8-2)36-32-29-26-23-20-17-14-9-3/h39H,7-38H2,1-6H3. The highest BCUT2D eigenvalue weighted by Crippen LogP contribution is 2.24. The van der Waals surface area contributed by atoms with Gasteiger partial charge in [0.05, 0.1) is 0 Å². The maximum Gasteiger partial charge on any atom is 0.502 e. The second kappa shape index (κ2) is 36.1. The van der Waals surface area contributed by atoms with Crippen LogP contribution in [0.15, 0.2) is 0 Å². The van der Waals surface area contributed by atoms with Crippen molar-refractivity contribution in [2.45, 2.75) is 221 Å². The molecule has 6 nitrogen and oxygen atoms in total. The van der Waals surface area contributed by atoms with Crippen LogP contribution in [0.4, 0.5) is 0 Å². The first-order chi connectivity index (χ1) is 23.9. The molecule has 0 heterocycles. The second-order valence-electron chi connectivity index (χ2n) is 14.1. The van der Waals surface area contributed by atoms with Crippen molar-refractivity contribution in [1.29, 1.82) is 0 Å². The fraction of sp³-hybridized carbons (Fsp3) is 0.951. The third-order valence-corrected chi connectivity index (χ3v) is 13.6. The van der Waals surface area contributed by atoms with Crippen molar-refractivity contribution >= 4 is 31.5 Å². The Morgan fingerprint density at radius 3 is 1.35 bits per heavy atom. The molecule has 0 radical (unpaired) electrons. The van der Waals surface area contributed by atoms with Crippen molar-refractivity contribution in [2.24, 2.45) is 0 Å². The molecule has 0 N–H and O–H groups in total. The van der Waals surface area contributed by atoms with E-state index in [-0.39, 0.29) is 17.1 Å². The summed E-state index contributed by atoms with van der Waals surface area (Å²) in [7, 11) is -2.96. The molecular formula is C41H83NO5SSi. The molecule has 1 unspecified atom stereocenters. The van der Waals surface area contributed by atoms with Crippen molar-refractivity contribution in [1.82, 2.24) is 4.90 Å². The van der Waals surface area contributed by atoms with Crippen LogP contribution >= 0.6 is 11.8 Å². The fourth-order valence-electron chi connectivity index (χ4n) is 6.52. The molecule has 292 valence electrons. The summed E-state index contributed by atoms with van der Waals surface area (Å²) in [5, 5.41) is -0.292. The molecule has 0 bridgehead atoms. The first-order valence-electron chi connectivity index (χ1n) is 21.3. The smallest absolute Gasteiger partial charge is 0.374 e. The van der Waals surface area contributed by atoms with Crippen LogP contribution in [-0.2, 0) is 22.9 Å². The highest BCUT2D eigenvalue weighted by atomic mass is 32.2. The van der Waals surface area contributed by atoms with E-state index in [1.54, 1.807) is 0 Å². The molecule has 0 saturated carbocycles. The summed E-state index contributed by atoms with van der Waals surface area (Å²) in [4.78, 5) is 27.6. The number of ketones is 1. The van der Waals surface area contributed by atoms with E-state index in [0.717, 1.165) is 50.5 Å². The van der Waals surface area contributed by atoms with Gasteiger partial charge in [0.25, 0.3) is 5.12 Å². The highest BCUT2D eigenvalue weighted by molar-refractivity contribution is 8.15. The molecule has 0 aliphatic heterocycles. The van der Waals surface area contributed by atoms with Gasteiger partial charge in [0.15, 0.2) is 0 Å². The Labute approximate surface area is 311 Å². The number of hydrogen-bond donors (Lipinski definition) is 0. The number of carbonyl (C=O) groups excluding carboxylic acids is 2. The number of rotatable bonds is 39. The van der Waals surface area contributed by atoms with Crippen LogP contribution in [0.1, 0.15) is 208 Å². The zero-order chi connectivity index (χ0) is 36.3. The summed E-state index contributed by atoms with van der Waals surface area (Å²) in [5.41, 5.74) is 0. The molecule has 0 spiro atoms. The molecule has 0 aromatic carbocycles. The van der Waals surface area contributed by atoms with Crippen molar-refractivity contribution < 1.29 is 22.9 Å². The number of carbonyl (C=O) groups is 2. The Hall–Kier alpha value is -0.253. The fourth-order valence-corrected chi connectivity index (χ4v) is 10.3. The molecule has 1 atom stereocenters. The Bertz CT molecular complexity index is 717. The van der Waals surface area contributed by atoms with E-state index in [1.807, 2.05) is 13.8 Å². The molecule has 0 aliphatic carbocycles. The number of unbranched alkanes of at least 4 members (excludes halogenated alkanes) is 21. The lowest BCUT2D eigenvalue weighted by atomic mass is 10.1. The number of Topliss-reactive ketones (excluding diaryl/α,β-unsaturated/α-hetero) is 1. The van der Waals surface area contributed by atoms with Crippen LogP contribution in [0.3, 0.4) is 0 Å². The maximum atomic E-state index is 12.6. The van der Waals surface area contributed by atoms with Gasteiger partial charge in [0, 0.05) is 44.5 Å². The minimum atomic E-state index is -2.96. The van der Waals surface area contributed by atoms with E-state index in [2.05, 4.69) is 32.6 Å². The molecule has 0 aromatic rings. The van der Waals surface area contributed by atoms with Gasteiger partial charge in [-0.05, 0) is 46.5 Å². The molecular weight excluding hydrogens is 647 g/mol. The van der Waals surface area contributed by atoms with Gasteiger partial charge in [0.2, 0.25) is 5.78 Å². The number of thioether (sulfide) groups is 1. The van der Waals surface area contributed by atoms with Gasteiger partial charge in [0.1, 0.15) is 6.23 Å². The van der Waals surface area contributed by atoms with Gasteiger partial charge in [-0.2, -0.15) is 0 Å². The van der Waals surface area contributed by atoms with Crippen molar-refractivity contribution in [3.8, 4) is 0 Å². The topological polar surface area (TPSA) is 65.1 Å². The molecule has 0 aromatic heterocycles. The lowest BCUT2D eigenvalue weighted by Gasteiger charge is -2.37. The van der Waals surface area contributed by atoms with E-state index in [0.29, 0.717) is 31.4 Å². The molecule has 0 aliphatic rings.